The largest absolute Gasteiger partial charge is 0.389 e. The molecule has 3 N–H and O–H groups in total. The van der Waals surface area contributed by atoms with Gasteiger partial charge in [0.05, 0.1) is 24.9 Å². The molecule has 4 rings (SSSR count). The molecule has 7 nitrogen and oxygen atoms in total. The summed E-state index contributed by atoms with van der Waals surface area (Å²) >= 11 is 0. The Hall–Kier alpha value is -2.12. The van der Waals surface area contributed by atoms with Crippen LogP contribution in [0.15, 0.2) is 18.2 Å². The molecule has 1 aromatic carbocycles. The van der Waals surface area contributed by atoms with Gasteiger partial charge in [-0.2, -0.15) is 0 Å². The number of fused-ring (bicyclic) bond motifs is 4. The van der Waals surface area contributed by atoms with Crippen LogP contribution >= 0.6 is 0 Å². The van der Waals surface area contributed by atoms with Gasteiger partial charge < -0.3 is 25.4 Å². The Labute approximate surface area is 165 Å². The molecule has 2 amide bonds. The highest BCUT2D eigenvalue weighted by molar-refractivity contribution is 5.87. The minimum Gasteiger partial charge on any atom is -0.389 e. The second kappa shape index (κ2) is 8.09. The van der Waals surface area contributed by atoms with Crippen molar-refractivity contribution in [3.8, 4) is 0 Å². The summed E-state index contributed by atoms with van der Waals surface area (Å²) in [5.41, 5.74) is 3.17. The number of aryl methyl sites for hydroxylation is 1. The summed E-state index contributed by atoms with van der Waals surface area (Å²) in [5, 5.41) is 16.2. The van der Waals surface area contributed by atoms with Crippen molar-refractivity contribution in [3.05, 3.63) is 29.3 Å². The number of aliphatic hydroxyl groups is 1. The standard InChI is InChI=1S/C21H29N3O4/c1-13(21(27)24-8-2-3-9-24)22-20(26)7-5-14-4-6-16-15(10-14)19-11-17(23-16)18(25)12-28-19/h4,6,10,13,17-19,23,25H,2-3,5,7-9,11-12H2,1H3,(H,22,26)/t13-,17?,18+,19+/m0/s1. The summed E-state index contributed by atoms with van der Waals surface area (Å²) in [6.45, 7) is 3.69. The van der Waals surface area contributed by atoms with E-state index >= 15 is 0 Å². The number of carbonyl (C=O) groups is 2. The summed E-state index contributed by atoms with van der Waals surface area (Å²) < 4.78 is 5.78. The van der Waals surface area contributed by atoms with E-state index in [4.69, 9.17) is 4.74 Å². The van der Waals surface area contributed by atoms with E-state index in [-0.39, 0.29) is 24.0 Å². The lowest BCUT2D eigenvalue weighted by Gasteiger charge is -2.40. The average Bonchev–Trinajstić information content (AvgIpc) is 3.23. The van der Waals surface area contributed by atoms with Crippen LogP contribution < -0.4 is 10.6 Å². The number of benzene rings is 1. The molecule has 3 aliphatic heterocycles. The monoisotopic (exact) mass is 387 g/mol. The van der Waals surface area contributed by atoms with Crippen LogP contribution in [0.4, 0.5) is 5.69 Å². The van der Waals surface area contributed by atoms with Crippen LogP contribution in [0.3, 0.4) is 0 Å². The van der Waals surface area contributed by atoms with Crippen LogP contribution in [0.2, 0.25) is 0 Å². The molecule has 0 radical (unpaired) electrons. The lowest BCUT2D eigenvalue weighted by atomic mass is 9.88. The number of aliphatic hydroxyl groups excluding tert-OH is 1. The molecule has 0 aromatic heterocycles. The van der Waals surface area contributed by atoms with Gasteiger partial charge in [0.2, 0.25) is 11.8 Å². The zero-order chi connectivity index (χ0) is 19.7. The number of nitrogens with zero attached hydrogens (tertiary/aromatic N) is 1. The maximum absolute atomic E-state index is 12.3. The third-order valence-electron chi connectivity index (χ3n) is 6.01. The SMILES string of the molecule is C[C@H](NC(=O)CCc1ccc2c(c1)[C@H]1CC(N2)[C@H](O)CO1)C(=O)N1CCCC1. The Morgan fingerprint density at radius 2 is 2.14 bits per heavy atom. The van der Waals surface area contributed by atoms with Crippen LogP contribution in [-0.2, 0) is 20.7 Å². The molecule has 3 heterocycles. The van der Waals surface area contributed by atoms with E-state index in [2.05, 4.69) is 16.7 Å². The minimum atomic E-state index is -0.475. The van der Waals surface area contributed by atoms with Gasteiger partial charge in [0.15, 0.2) is 0 Å². The number of amides is 2. The van der Waals surface area contributed by atoms with Crippen LogP contribution in [-0.4, -0.2) is 59.7 Å². The van der Waals surface area contributed by atoms with E-state index < -0.39 is 12.1 Å². The highest BCUT2D eigenvalue weighted by Gasteiger charge is 2.36. The van der Waals surface area contributed by atoms with Crippen molar-refractivity contribution >= 4 is 17.5 Å². The highest BCUT2D eigenvalue weighted by Crippen LogP contribution is 2.39. The van der Waals surface area contributed by atoms with Gasteiger partial charge in [-0.25, -0.2) is 0 Å². The lowest BCUT2D eigenvalue weighted by molar-refractivity contribution is -0.135. The molecule has 1 aromatic rings. The Morgan fingerprint density at radius 3 is 2.93 bits per heavy atom. The van der Waals surface area contributed by atoms with Crippen molar-refractivity contribution in [2.24, 2.45) is 0 Å². The Balaban J connectivity index is 1.31. The summed E-state index contributed by atoms with van der Waals surface area (Å²) in [7, 11) is 0. The number of ether oxygens (including phenoxy) is 1. The third-order valence-corrected chi connectivity index (χ3v) is 6.01. The maximum Gasteiger partial charge on any atom is 0.244 e. The fourth-order valence-electron chi connectivity index (χ4n) is 4.37. The highest BCUT2D eigenvalue weighted by atomic mass is 16.5. The lowest BCUT2D eigenvalue weighted by Crippen LogP contribution is -2.46. The summed E-state index contributed by atoms with van der Waals surface area (Å²) in [6.07, 6.45) is 3.33. The second-order valence-corrected chi connectivity index (χ2v) is 8.12. The van der Waals surface area contributed by atoms with E-state index in [0.29, 0.717) is 19.4 Å². The topological polar surface area (TPSA) is 90.9 Å². The quantitative estimate of drug-likeness (QED) is 0.710. The van der Waals surface area contributed by atoms with Gasteiger partial charge >= 0.3 is 0 Å². The average molecular weight is 387 g/mol. The first-order valence-electron chi connectivity index (χ1n) is 10.3. The Kier molecular flexibility index (Phi) is 5.55. The fourth-order valence-corrected chi connectivity index (χ4v) is 4.37. The molecule has 2 bridgehead atoms. The van der Waals surface area contributed by atoms with E-state index in [1.807, 2.05) is 17.0 Å². The number of hydrogen-bond donors (Lipinski definition) is 3. The first-order chi connectivity index (χ1) is 13.5. The number of rotatable bonds is 5. The first kappa shape index (κ1) is 19.2. The van der Waals surface area contributed by atoms with Gasteiger partial charge in [-0.3, -0.25) is 9.59 Å². The molecule has 0 saturated carbocycles. The van der Waals surface area contributed by atoms with E-state index in [1.54, 1.807) is 6.92 Å². The van der Waals surface area contributed by atoms with Crippen molar-refractivity contribution in [1.29, 1.82) is 0 Å². The second-order valence-electron chi connectivity index (χ2n) is 8.12. The third kappa shape index (κ3) is 4.00. The van der Waals surface area contributed by atoms with E-state index in [0.717, 1.165) is 49.2 Å². The van der Waals surface area contributed by atoms with Gasteiger partial charge in [0.25, 0.3) is 0 Å². The summed E-state index contributed by atoms with van der Waals surface area (Å²) in [4.78, 5) is 26.4. The molecule has 28 heavy (non-hydrogen) atoms. The molecule has 152 valence electrons. The van der Waals surface area contributed by atoms with Crippen molar-refractivity contribution < 1.29 is 19.4 Å². The van der Waals surface area contributed by atoms with Gasteiger partial charge in [0, 0.05) is 37.2 Å². The smallest absolute Gasteiger partial charge is 0.244 e. The molecular weight excluding hydrogens is 358 g/mol. The van der Waals surface area contributed by atoms with Crippen molar-refractivity contribution in [2.45, 2.75) is 63.3 Å². The Bertz CT molecular complexity index is 747. The zero-order valence-corrected chi connectivity index (χ0v) is 16.3. The molecule has 0 aliphatic carbocycles. The molecule has 2 fully saturated rings. The Morgan fingerprint density at radius 1 is 1.36 bits per heavy atom. The molecular formula is C21H29N3O4. The fraction of sp³-hybridized carbons (Fsp3) is 0.619. The maximum atomic E-state index is 12.3. The summed E-state index contributed by atoms with van der Waals surface area (Å²) in [6, 6.07) is 5.66. The van der Waals surface area contributed by atoms with Gasteiger partial charge in [-0.15, -0.1) is 0 Å². The zero-order valence-electron chi connectivity index (χ0n) is 16.3. The van der Waals surface area contributed by atoms with Gasteiger partial charge in [-0.1, -0.05) is 12.1 Å². The van der Waals surface area contributed by atoms with Gasteiger partial charge in [0.1, 0.15) is 6.04 Å². The molecule has 2 saturated heterocycles. The summed E-state index contributed by atoms with van der Waals surface area (Å²) in [5.74, 6) is -0.0927. The first-order valence-corrected chi connectivity index (χ1v) is 10.3. The van der Waals surface area contributed by atoms with Crippen LogP contribution in [0.1, 0.15) is 49.8 Å². The number of carbonyl (C=O) groups excluding carboxylic acids is 2. The van der Waals surface area contributed by atoms with Crippen LogP contribution in [0.5, 0.6) is 0 Å². The van der Waals surface area contributed by atoms with Crippen molar-refractivity contribution in [2.75, 3.05) is 25.0 Å². The molecule has 7 heteroatoms. The normalized spacial score (nSPS) is 26.9. The molecule has 0 spiro atoms. The number of hydrogen-bond acceptors (Lipinski definition) is 5. The molecule has 4 atom stereocenters. The molecule has 3 aliphatic rings. The number of nitrogens with one attached hydrogen (secondary N) is 2. The predicted molar refractivity (Wildman–Crippen MR) is 105 cm³/mol. The van der Waals surface area contributed by atoms with Crippen LogP contribution in [0, 0.1) is 0 Å². The number of likely N-dealkylation sites (tertiary alicyclic amines) is 1. The van der Waals surface area contributed by atoms with E-state index in [9.17, 15) is 14.7 Å². The van der Waals surface area contributed by atoms with Crippen molar-refractivity contribution in [3.63, 3.8) is 0 Å². The van der Waals surface area contributed by atoms with E-state index in [1.165, 1.54) is 0 Å². The minimum absolute atomic E-state index is 0.00321. The van der Waals surface area contributed by atoms with Gasteiger partial charge in [-0.05, 0) is 37.8 Å². The van der Waals surface area contributed by atoms with Crippen LogP contribution in [0.25, 0.3) is 0 Å². The van der Waals surface area contributed by atoms with Crippen molar-refractivity contribution in [1.82, 2.24) is 10.2 Å². The number of anilines is 1. The molecule has 1 unspecified atom stereocenters. The predicted octanol–water partition coefficient (Wildman–Crippen LogP) is 1.36.